The number of halogens is 2. The van der Waals surface area contributed by atoms with E-state index in [0.29, 0.717) is 23.2 Å². The highest BCUT2D eigenvalue weighted by Gasteiger charge is 2.10. The molecule has 3 rings (SSSR count). The van der Waals surface area contributed by atoms with Gasteiger partial charge in [0.2, 0.25) is 0 Å². The van der Waals surface area contributed by atoms with E-state index in [1.807, 2.05) is 43.3 Å². The van der Waals surface area contributed by atoms with Gasteiger partial charge in [-0.05, 0) is 47.1 Å². The van der Waals surface area contributed by atoms with E-state index in [1.165, 1.54) is 11.8 Å². The zero-order valence-electron chi connectivity index (χ0n) is 14.2. The predicted octanol–water partition coefficient (Wildman–Crippen LogP) is 4.99. The van der Waals surface area contributed by atoms with Gasteiger partial charge in [0.1, 0.15) is 11.3 Å². The molecule has 0 saturated heterocycles. The average molecular weight is 513 g/mol. The molecular weight excluding hydrogens is 498 g/mol. The molecule has 1 aromatic heterocycles. The fourth-order valence-electron chi connectivity index (χ4n) is 2.22. The van der Waals surface area contributed by atoms with Crippen LogP contribution in [0.1, 0.15) is 12.5 Å². The first-order chi connectivity index (χ1) is 13.1. The fraction of sp³-hybridized carbons (Fsp3) is 0.167. The Hall–Kier alpha value is -1.84. The van der Waals surface area contributed by atoms with Crippen molar-refractivity contribution in [3.8, 4) is 5.75 Å². The molecule has 0 spiro atoms. The second-order valence-corrected chi connectivity index (χ2v) is 7.96. The maximum absolute atomic E-state index is 12.0. The Kier molecular flexibility index (Phi) is 6.92. The van der Waals surface area contributed by atoms with Crippen LogP contribution in [0.25, 0.3) is 11.1 Å². The number of carbonyl (C=O) groups excluding carboxylic acids is 1. The number of ether oxygens (including phenoxy) is 1. The van der Waals surface area contributed by atoms with Crippen LogP contribution in [0.15, 0.2) is 60.1 Å². The molecule has 0 aliphatic rings. The van der Waals surface area contributed by atoms with Crippen LogP contribution in [0, 0.1) is 0 Å². The maximum Gasteiger partial charge on any atom is 0.257 e. The van der Waals surface area contributed by atoms with Crippen molar-refractivity contribution < 1.29 is 13.9 Å². The van der Waals surface area contributed by atoms with Crippen molar-refractivity contribution in [1.82, 2.24) is 10.4 Å². The number of para-hydroxylation sites is 2. The highest BCUT2D eigenvalue weighted by Crippen LogP contribution is 2.32. The van der Waals surface area contributed by atoms with Gasteiger partial charge in [-0.25, -0.2) is 10.4 Å². The van der Waals surface area contributed by atoms with E-state index in [0.717, 1.165) is 20.0 Å². The summed E-state index contributed by atoms with van der Waals surface area (Å²) in [7, 11) is 0. The standard InChI is InChI=1S/C18H15Br2N3O3S/c1-2-25-17-11(7-12(19)8-13(17)20)9-21-23-16(24)10-27-18-22-14-5-3-4-6-15(14)26-18/h3-9H,2,10H2,1H3,(H,23,24)/b21-9-. The van der Waals surface area contributed by atoms with Crippen LogP contribution in [0.5, 0.6) is 5.75 Å². The van der Waals surface area contributed by atoms with Crippen LogP contribution in [0.4, 0.5) is 0 Å². The summed E-state index contributed by atoms with van der Waals surface area (Å²) in [5, 5.41) is 4.46. The molecule has 140 valence electrons. The minimum absolute atomic E-state index is 0.144. The molecule has 0 radical (unpaired) electrons. The maximum atomic E-state index is 12.0. The Morgan fingerprint density at radius 2 is 2.19 bits per heavy atom. The van der Waals surface area contributed by atoms with Crippen molar-refractivity contribution in [1.29, 1.82) is 0 Å². The third-order valence-corrected chi connectivity index (χ3v) is 5.19. The molecule has 1 N–H and O–H groups in total. The largest absolute Gasteiger partial charge is 0.492 e. The minimum atomic E-state index is -0.259. The minimum Gasteiger partial charge on any atom is -0.492 e. The number of nitrogens with one attached hydrogen (secondary N) is 1. The van der Waals surface area contributed by atoms with E-state index in [9.17, 15) is 4.79 Å². The Morgan fingerprint density at radius 3 is 2.96 bits per heavy atom. The highest BCUT2D eigenvalue weighted by atomic mass is 79.9. The van der Waals surface area contributed by atoms with Crippen LogP contribution >= 0.6 is 43.6 Å². The van der Waals surface area contributed by atoms with Crippen molar-refractivity contribution >= 4 is 66.8 Å². The summed E-state index contributed by atoms with van der Waals surface area (Å²) < 4.78 is 12.9. The summed E-state index contributed by atoms with van der Waals surface area (Å²) in [6, 6.07) is 11.2. The quantitative estimate of drug-likeness (QED) is 0.274. The van der Waals surface area contributed by atoms with Crippen molar-refractivity contribution in [2.24, 2.45) is 5.10 Å². The van der Waals surface area contributed by atoms with Crippen molar-refractivity contribution in [2.75, 3.05) is 12.4 Å². The van der Waals surface area contributed by atoms with Crippen molar-refractivity contribution in [3.05, 3.63) is 50.9 Å². The Labute approximate surface area is 177 Å². The predicted molar refractivity (Wildman–Crippen MR) is 113 cm³/mol. The molecule has 6 nitrogen and oxygen atoms in total. The van der Waals surface area contributed by atoms with Crippen molar-refractivity contribution in [3.63, 3.8) is 0 Å². The first-order valence-corrected chi connectivity index (χ1v) is 10.6. The van der Waals surface area contributed by atoms with E-state index >= 15 is 0 Å². The monoisotopic (exact) mass is 511 g/mol. The van der Waals surface area contributed by atoms with E-state index < -0.39 is 0 Å². The van der Waals surface area contributed by atoms with Gasteiger partial charge >= 0.3 is 0 Å². The second kappa shape index (κ2) is 9.38. The number of fused-ring (bicyclic) bond motifs is 1. The number of amides is 1. The molecule has 0 aliphatic carbocycles. The zero-order valence-corrected chi connectivity index (χ0v) is 18.2. The van der Waals surface area contributed by atoms with Gasteiger partial charge in [0.15, 0.2) is 5.58 Å². The number of hydrogen-bond donors (Lipinski definition) is 1. The van der Waals surface area contributed by atoms with Gasteiger partial charge in [0.25, 0.3) is 11.1 Å². The molecular formula is C18H15Br2N3O3S. The van der Waals surface area contributed by atoms with Gasteiger partial charge in [0.05, 0.1) is 23.0 Å². The van der Waals surface area contributed by atoms with Gasteiger partial charge in [-0.15, -0.1) is 0 Å². The summed E-state index contributed by atoms with van der Waals surface area (Å²) in [6.07, 6.45) is 1.54. The molecule has 3 aromatic rings. The van der Waals surface area contributed by atoms with Crippen LogP contribution in [-0.4, -0.2) is 29.5 Å². The molecule has 0 aliphatic heterocycles. The number of rotatable bonds is 7. The number of aromatic nitrogens is 1. The van der Waals surface area contributed by atoms with E-state index in [-0.39, 0.29) is 11.7 Å². The van der Waals surface area contributed by atoms with Gasteiger partial charge in [-0.1, -0.05) is 39.8 Å². The van der Waals surface area contributed by atoms with Crippen LogP contribution in [-0.2, 0) is 4.79 Å². The fourth-order valence-corrected chi connectivity index (χ4v) is 4.22. The molecule has 27 heavy (non-hydrogen) atoms. The number of oxazole rings is 1. The Bertz CT molecular complexity index is 958. The molecule has 2 aromatic carbocycles. The van der Waals surface area contributed by atoms with Gasteiger partial charge in [-0.2, -0.15) is 5.10 Å². The number of benzene rings is 2. The molecule has 1 heterocycles. The van der Waals surface area contributed by atoms with E-state index in [2.05, 4.69) is 47.4 Å². The van der Waals surface area contributed by atoms with Crippen LogP contribution < -0.4 is 10.2 Å². The molecule has 0 unspecified atom stereocenters. The number of carbonyl (C=O) groups is 1. The number of hydrazone groups is 1. The van der Waals surface area contributed by atoms with Crippen LogP contribution in [0.2, 0.25) is 0 Å². The topological polar surface area (TPSA) is 76.7 Å². The Morgan fingerprint density at radius 1 is 1.37 bits per heavy atom. The SMILES string of the molecule is CCOc1c(Br)cc(Br)cc1/C=N\NC(=O)CSc1nc2ccccc2o1. The number of hydrogen-bond acceptors (Lipinski definition) is 6. The molecule has 0 fully saturated rings. The van der Waals surface area contributed by atoms with Gasteiger partial charge in [0, 0.05) is 10.0 Å². The lowest BCUT2D eigenvalue weighted by Gasteiger charge is -2.10. The number of nitrogens with zero attached hydrogens (tertiary/aromatic N) is 2. The zero-order chi connectivity index (χ0) is 19.2. The molecule has 0 saturated carbocycles. The molecule has 0 bridgehead atoms. The summed E-state index contributed by atoms with van der Waals surface area (Å²) in [6.45, 7) is 2.43. The summed E-state index contributed by atoms with van der Waals surface area (Å²) in [5.74, 6) is 0.551. The lowest BCUT2D eigenvalue weighted by atomic mass is 10.2. The second-order valence-electron chi connectivity index (χ2n) is 5.27. The summed E-state index contributed by atoms with van der Waals surface area (Å²) in [4.78, 5) is 16.3. The molecule has 1 amide bonds. The smallest absolute Gasteiger partial charge is 0.257 e. The van der Waals surface area contributed by atoms with E-state index in [1.54, 1.807) is 6.21 Å². The average Bonchev–Trinajstić information content (AvgIpc) is 3.06. The third-order valence-electron chi connectivity index (χ3n) is 3.32. The third kappa shape index (κ3) is 5.33. The number of thioether (sulfide) groups is 1. The van der Waals surface area contributed by atoms with Gasteiger partial charge in [-0.3, -0.25) is 4.79 Å². The lowest BCUT2D eigenvalue weighted by molar-refractivity contribution is -0.118. The normalized spacial score (nSPS) is 11.2. The van der Waals surface area contributed by atoms with Crippen molar-refractivity contribution in [2.45, 2.75) is 12.1 Å². The molecule has 9 heteroatoms. The first kappa shape index (κ1) is 19.9. The van der Waals surface area contributed by atoms with Crippen LogP contribution in [0.3, 0.4) is 0 Å². The first-order valence-electron chi connectivity index (χ1n) is 7.99. The lowest BCUT2D eigenvalue weighted by Crippen LogP contribution is -2.19. The highest BCUT2D eigenvalue weighted by molar-refractivity contribution is 9.11. The summed E-state index contributed by atoms with van der Waals surface area (Å²) in [5.41, 5.74) is 4.70. The Balaban J connectivity index is 1.58. The van der Waals surface area contributed by atoms with E-state index in [4.69, 9.17) is 9.15 Å². The molecule has 0 atom stereocenters. The van der Waals surface area contributed by atoms with Gasteiger partial charge < -0.3 is 9.15 Å². The summed E-state index contributed by atoms with van der Waals surface area (Å²) >= 11 is 8.10.